The number of amides is 2. The maximum absolute atomic E-state index is 12.1. The maximum atomic E-state index is 12.1. The summed E-state index contributed by atoms with van der Waals surface area (Å²) in [5, 5.41) is 5.54. The second-order valence-corrected chi connectivity index (χ2v) is 5.66. The van der Waals surface area contributed by atoms with Crippen LogP contribution in [0.4, 0.5) is 5.69 Å². The molecule has 5 nitrogen and oxygen atoms in total. The molecule has 0 saturated carbocycles. The first-order valence-electron chi connectivity index (χ1n) is 7.02. The summed E-state index contributed by atoms with van der Waals surface area (Å²) in [5.74, 6) is 0.373. The van der Waals surface area contributed by atoms with Crippen molar-refractivity contribution in [1.82, 2.24) is 5.32 Å². The number of anilines is 1. The smallest absolute Gasteiger partial charge is 0.253 e. The third kappa shape index (κ3) is 5.77. The number of nitrogens with one attached hydrogen (secondary N) is 2. The molecule has 0 radical (unpaired) electrons. The number of hydrogen-bond acceptors (Lipinski definition) is 4. The summed E-state index contributed by atoms with van der Waals surface area (Å²) in [7, 11) is 0. The van der Waals surface area contributed by atoms with Crippen LogP contribution in [0.2, 0.25) is 0 Å². The van der Waals surface area contributed by atoms with E-state index in [1.54, 1.807) is 36.0 Å². The van der Waals surface area contributed by atoms with Gasteiger partial charge in [-0.1, -0.05) is 19.1 Å². The van der Waals surface area contributed by atoms with E-state index in [2.05, 4.69) is 10.6 Å². The van der Waals surface area contributed by atoms with Crippen molar-refractivity contribution in [3.05, 3.63) is 29.8 Å². The molecule has 0 bridgehead atoms. The van der Waals surface area contributed by atoms with E-state index >= 15 is 0 Å². The molecule has 21 heavy (non-hydrogen) atoms. The summed E-state index contributed by atoms with van der Waals surface area (Å²) in [6, 6.07) is 6.38. The van der Waals surface area contributed by atoms with Crippen molar-refractivity contribution in [2.24, 2.45) is 5.73 Å². The van der Waals surface area contributed by atoms with Gasteiger partial charge in [0, 0.05) is 6.54 Å². The Morgan fingerprint density at radius 2 is 2.05 bits per heavy atom. The average molecular weight is 309 g/mol. The number of rotatable bonds is 8. The zero-order chi connectivity index (χ0) is 15.7. The van der Waals surface area contributed by atoms with Crippen molar-refractivity contribution in [2.45, 2.75) is 25.8 Å². The lowest BCUT2D eigenvalue weighted by molar-refractivity contribution is -0.117. The van der Waals surface area contributed by atoms with Crippen LogP contribution in [-0.4, -0.2) is 36.4 Å². The molecule has 2 amide bonds. The Bertz CT molecular complexity index is 480. The normalized spacial score (nSPS) is 11.8. The lowest BCUT2D eigenvalue weighted by Gasteiger charge is -2.14. The fraction of sp³-hybridized carbons (Fsp3) is 0.467. The van der Waals surface area contributed by atoms with Crippen molar-refractivity contribution in [2.75, 3.05) is 23.9 Å². The van der Waals surface area contributed by atoms with E-state index < -0.39 is 6.04 Å². The lowest BCUT2D eigenvalue weighted by atomic mass is 10.1. The second-order valence-electron chi connectivity index (χ2n) is 4.68. The Morgan fingerprint density at radius 3 is 2.71 bits per heavy atom. The predicted molar refractivity (Wildman–Crippen MR) is 88.7 cm³/mol. The van der Waals surface area contributed by atoms with E-state index in [1.807, 2.05) is 13.2 Å². The van der Waals surface area contributed by atoms with Crippen molar-refractivity contribution < 1.29 is 9.59 Å². The van der Waals surface area contributed by atoms with E-state index in [0.29, 0.717) is 24.2 Å². The van der Waals surface area contributed by atoms with Gasteiger partial charge in [-0.15, -0.1) is 0 Å². The van der Waals surface area contributed by atoms with E-state index in [1.165, 1.54) is 0 Å². The number of para-hydroxylation sites is 1. The van der Waals surface area contributed by atoms with Crippen molar-refractivity contribution in [3.8, 4) is 0 Å². The molecule has 0 saturated heterocycles. The van der Waals surface area contributed by atoms with Gasteiger partial charge in [0.25, 0.3) is 5.91 Å². The summed E-state index contributed by atoms with van der Waals surface area (Å²) in [5.41, 5.74) is 6.78. The summed E-state index contributed by atoms with van der Waals surface area (Å²) in [6.45, 7) is 2.59. The van der Waals surface area contributed by atoms with E-state index in [-0.39, 0.29) is 11.8 Å². The molecular weight excluding hydrogens is 286 g/mol. The maximum Gasteiger partial charge on any atom is 0.253 e. The number of carbonyl (C=O) groups excluding carboxylic acids is 2. The van der Waals surface area contributed by atoms with Crippen molar-refractivity contribution in [3.63, 3.8) is 0 Å². The monoisotopic (exact) mass is 309 g/mol. The largest absolute Gasteiger partial charge is 0.352 e. The van der Waals surface area contributed by atoms with Gasteiger partial charge in [-0.25, -0.2) is 0 Å². The zero-order valence-electron chi connectivity index (χ0n) is 12.5. The van der Waals surface area contributed by atoms with Crippen LogP contribution in [0.1, 0.15) is 30.1 Å². The summed E-state index contributed by atoms with van der Waals surface area (Å²) in [4.78, 5) is 24.1. The first kappa shape index (κ1) is 17.5. The van der Waals surface area contributed by atoms with E-state index in [9.17, 15) is 9.59 Å². The van der Waals surface area contributed by atoms with E-state index in [4.69, 9.17) is 5.73 Å². The molecule has 4 N–H and O–H groups in total. The Morgan fingerprint density at radius 1 is 1.33 bits per heavy atom. The highest BCUT2D eigenvalue weighted by molar-refractivity contribution is 7.98. The van der Waals surface area contributed by atoms with Gasteiger partial charge in [-0.3, -0.25) is 9.59 Å². The van der Waals surface area contributed by atoms with Gasteiger partial charge in [0.1, 0.15) is 0 Å². The van der Waals surface area contributed by atoms with Crippen molar-refractivity contribution >= 4 is 29.3 Å². The number of benzene rings is 1. The minimum Gasteiger partial charge on any atom is -0.352 e. The van der Waals surface area contributed by atoms with Crippen LogP contribution in [0.15, 0.2) is 24.3 Å². The SMILES string of the molecule is CCCNC(=O)c1ccccc1NC(=O)[C@H](N)CCSC. The van der Waals surface area contributed by atoms with Gasteiger partial charge in [0.2, 0.25) is 5.91 Å². The fourth-order valence-corrected chi connectivity index (χ4v) is 2.21. The number of hydrogen-bond donors (Lipinski definition) is 3. The molecule has 0 unspecified atom stereocenters. The van der Waals surface area contributed by atoms with Crippen LogP contribution in [0.3, 0.4) is 0 Å². The average Bonchev–Trinajstić information content (AvgIpc) is 2.50. The minimum absolute atomic E-state index is 0.189. The van der Waals surface area contributed by atoms with Crippen LogP contribution in [0, 0.1) is 0 Å². The quantitative estimate of drug-likeness (QED) is 0.684. The summed E-state index contributed by atoms with van der Waals surface area (Å²) < 4.78 is 0. The number of thioether (sulfide) groups is 1. The molecule has 1 aromatic carbocycles. The molecule has 0 aliphatic rings. The molecule has 0 aliphatic carbocycles. The molecule has 1 rings (SSSR count). The molecule has 0 aliphatic heterocycles. The molecule has 0 fully saturated rings. The van der Waals surface area contributed by atoms with Crippen molar-refractivity contribution in [1.29, 1.82) is 0 Å². The zero-order valence-corrected chi connectivity index (χ0v) is 13.3. The summed E-state index contributed by atoms with van der Waals surface area (Å²) >= 11 is 1.65. The minimum atomic E-state index is -0.566. The molecular formula is C15H23N3O2S. The highest BCUT2D eigenvalue weighted by atomic mass is 32.2. The Hall–Kier alpha value is -1.53. The first-order valence-corrected chi connectivity index (χ1v) is 8.42. The molecule has 1 aromatic rings. The van der Waals surface area contributed by atoms with Crippen LogP contribution >= 0.6 is 11.8 Å². The highest BCUT2D eigenvalue weighted by Gasteiger charge is 2.16. The molecule has 6 heteroatoms. The second kappa shape index (κ2) is 9.41. The topological polar surface area (TPSA) is 84.2 Å². The third-order valence-electron chi connectivity index (χ3n) is 2.93. The Kier molecular flexibility index (Phi) is 7.85. The molecule has 1 atom stereocenters. The van der Waals surface area contributed by atoms with Crippen LogP contribution in [0.25, 0.3) is 0 Å². The summed E-state index contributed by atoms with van der Waals surface area (Å²) in [6.07, 6.45) is 3.44. The number of carbonyl (C=O) groups is 2. The Balaban J connectivity index is 2.74. The van der Waals surface area contributed by atoms with Gasteiger partial charge in [0.05, 0.1) is 17.3 Å². The van der Waals surface area contributed by atoms with Crippen LogP contribution in [-0.2, 0) is 4.79 Å². The van der Waals surface area contributed by atoms with Crippen LogP contribution in [0.5, 0.6) is 0 Å². The van der Waals surface area contributed by atoms with Gasteiger partial charge in [0.15, 0.2) is 0 Å². The van der Waals surface area contributed by atoms with Gasteiger partial charge in [-0.05, 0) is 37.0 Å². The third-order valence-corrected chi connectivity index (χ3v) is 3.58. The molecule has 0 heterocycles. The van der Waals surface area contributed by atoms with Gasteiger partial charge < -0.3 is 16.4 Å². The Labute approximate surface area is 130 Å². The van der Waals surface area contributed by atoms with E-state index in [0.717, 1.165) is 12.2 Å². The fourth-order valence-electron chi connectivity index (χ4n) is 1.73. The lowest BCUT2D eigenvalue weighted by Crippen LogP contribution is -2.36. The van der Waals surface area contributed by atoms with Crippen LogP contribution < -0.4 is 16.4 Å². The molecule has 0 aromatic heterocycles. The molecule has 116 valence electrons. The van der Waals surface area contributed by atoms with Gasteiger partial charge in [-0.2, -0.15) is 11.8 Å². The van der Waals surface area contributed by atoms with Gasteiger partial charge >= 0.3 is 0 Å². The first-order chi connectivity index (χ1) is 10.1. The standard InChI is InChI=1S/C15H23N3O2S/c1-3-9-17-14(19)11-6-4-5-7-13(11)18-15(20)12(16)8-10-21-2/h4-7,12H,3,8-10,16H2,1-2H3,(H,17,19)(H,18,20)/t12-/m1/s1. The highest BCUT2D eigenvalue weighted by Crippen LogP contribution is 2.15. The molecule has 0 spiro atoms. The predicted octanol–water partition coefficient (Wildman–Crippen LogP) is 1.85. The number of nitrogens with two attached hydrogens (primary N) is 1.